The third kappa shape index (κ3) is 3.80. The molecule has 27 heavy (non-hydrogen) atoms. The molecule has 2 heterocycles. The average molecular weight is 364 g/mol. The predicted octanol–water partition coefficient (Wildman–Crippen LogP) is 3.35. The van der Waals surface area contributed by atoms with Gasteiger partial charge in [-0.25, -0.2) is 4.79 Å². The number of piperidine rings is 1. The number of aromatic nitrogens is 2. The highest BCUT2D eigenvalue weighted by molar-refractivity contribution is 5.81. The molecular weight excluding hydrogens is 340 g/mol. The summed E-state index contributed by atoms with van der Waals surface area (Å²) in [6.45, 7) is 1.67. The Balaban J connectivity index is 1.51. The molecule has 1 aromatic heterocycles. The normalized spacial score (nSPS) is 18.9. The number of carbonyl (C=O) groups is 1. The molecular formula is C21H24N4O2. The summed E-state index contributed by atoms with van der Waals surface area (Å²) in [5.74, 6) is -0.207. The van der Waals surface area contributed by atoms with Gasteiger partial charge in [-0.05, 0) is 43.1 Å². The summed E-state index contributed by atoms with van der Waals surface area (Å²) in [5, 5.41) is 11.8. The molecule has 6 nitrogen and oxygen atoms in total. The minimum Gasteiger partial charge on any atom is -0.468 e. The first kappa shape index (κ1) is 17.5. The summed E-state index contributed by atoms with van der Waals surface area (Å²) >= 11 is 0. The lowest BCUT2D eigenvalue weighted by molar-refractivity contribution is -0.147. The average Bonchev–Trinajstić information content (AvgIpc) is 3.17. The molecule has 0 bridgehead atoms. The van der Waals surface area contributed by atoms with Crippen LogP contribution in [0.15, 0.2) is 54.7 Å². The van der Waals surface area contributed by atoms with E-state index < -0.39 is 0 Å². The highest BCUT2D eigenvalue weighted by Crippen LogP contribution is 2.27. The fourth-order valence-corrected chi connectivity index (χ4v) is 3.87. The third-order valence-electron chi connectivity index (χ3n) is 5.17. The molecule has 2 atom stereocenters. The van der Waals surface area contributed by atoms with Gasteiger partial charge in [-0.2, -0.15) is 5.10 Å². The zero-order valence-corrected chi connectivity index (χ0v) is 15.4. The summed E-state index contributed by atoms with van der Waals surface area (Å²) in [4.78, 5) is 14.7. The van der Waals surface area contributed by atoms with Gasteiger partial charge in [0.1, 0.15) is 6.04 Å². The molecule has 1 aliphatic rings. The van der Waals surface area contributed by atoms with Crippen molar-refractivity contribution < 1.29 is 9.53 Å². The molecule has 0 aliphatic carbocycles. The zero-order valence-electron chi connectivity index (χ0n) is 15.4. The van der Waals surface area contributed by atoms with Crippen molar-refractivity contribution in [3.63, 3.8) is 0 Å². The molecule has 1 fully saturated rings. The van der Waals surface area contributed by atoms with Gasteiger partial charge < -0.3 is 10.1 Å². The number of nitrogens with one attached hydrogen (secondary N) is 2. The smallest absolute Gasteiger partial charge is 0.327 e. The lowest BCUT2D eigenvalue weighted by Crippen LogP contribution is -2.46. The molecule has 0 spiro atoms. The van der Waals surface area contributed by atoms with Crippen LogP contribution in [0.25, 0.3) is 10.9 Å². The van der Waals surface area contributed by atoms with E-state index >= 15 is 0 Å². The standard InChI is InChI=1S/C21H24N4O2/c1-27-21(26)20(15-6-3-2-4-7-15)25-11-5-8-18(14-25)23-17-9-10-19-16(12-17)13-22-24-19/h2-4,6-7,9-10,12-13,18,20,23H,5,8,11,14H2,1H3,(H,22,24). The quantitative estimate of drug-likeness (QED) is 0.680. The van der Waals surface area contributed by atoms with Crippen molar-refractivity contribution >= 4 is 22.6 Å². The van der Waals surface area contributed by atoms with Crippen molar-refractivity contribution in [2.45, 2.75) is 24.9 Å². The number of likely N-dealkylation sites (tertiary alicyclic amines) is 1. The monoisotopic (exact) mass is 364 g/mol. The molecule has 0 saturated carbocycles. The van der Waals surface area contributed by atoms with Crippen LogP contribution >= 0.6 is 0 Å². The molecule has 0 amide bonds. The van der Waals surface area contributed by atoms with Crippen LogP contribution in [0, 0.1) is 0 Å². The van der Waals surface area contributed by atoms with Gasteiger partial charge in [-0.3, -0.25) is 10.00 Å². The molecule has 2 unspecified atom stereocenters. The van der Waals surface area contributed by atoms with Gasteiger partial charge in [0, 0.05) is 23.7 Å². The summed E-state index contributed by atoms with van der Waals surface area (Å²) < 4.78 is 5.10. The van der Waals surface area contributed by atoms with E-state index in [-0.39, 0.29) is 18.1 Å². The van der Waals surface area contributed by atoms with Crippen molar-refractivity contribution in [3.05, 3.63) is 60.3 Å². The van der Waals surface area contributed by atoms with E-state index in [9.17, 15) is 4.79 Å². The number of esters is 1. The van der Waals surface area contributed by atoms with E-state index in [4.69, 9.17) is 4.74 Å². The highest BCUT2D eigenvalue weighted by Gasteiger charge is 2.32. The lowest BCUT2D eigenvalue weighted by atomic mass is 9.99. The van der Waals surface area contributed by atoms with Gasteiger partial charge >= 0.3 is 5.97 Å². The van der Waals surface area contributed by atoms with Gasteiger partial charge in [-0.15, -0.1) is 0 Å². The number of H-pyrrole nitrogens is 1. The molecule has 4 rings (SSSR count). The van der Waals surface area contributed by atoms with E-state index in [0.717, 1.165) is 48.1 Å². The Morgan fingerprint density at radius 3 is 2.96 bits per heavy atom. The Hall–Kier alpha value is -2.86. The van der Waals surface area contributed by atoms with Gasteiger partial charge in [0.2, 0.25) is 0 Å². The minimum absolute atomic E-state index is 0.207. The number of benzene rings is 2. The van der Waals surface area contributed by atoms with Crippen LogP contribution in [0.3, 0.4) is 0 Å². The van der Waals surface area contributed by atoms with Gasteiger partial charge in [0.05, 0.1) is 18.8 Å². The van der Waals surface area contributed by atoms with Crippen LogP contribution in [0.1, 0.15) is 24.4 Å². The molecule has 1 saturated heterocycles. The van der Waals surface area contributed by atoms with E-state index in [0.29, 0.717) is 0 Å². The summed E-state index contributed by atoms with van der Waals surface area (Å²) in [6.07, 6.45) is 3.94. The van der Waals surface area contributed by atoms with Crippen molar-refractivity contribution in [1.82, 2.24) is 15.1 Å². The molecule has 6 heteroatoms. The SMILES string of the molecule is COC(=O)C(c1ccccc1)N1CCCC(Nc2ccc3[nH]ncc3c2)C1. The maximum atomic E-state index is 12.5. The number of carbonyl (C=O) groups excluding carboxylic acids is 1. The number of hydrogen-bond acceptors (Lipinski definition) is 5. The predicted molar refractivity (Wildman–Crippen MR) is 106 cm³/mol. The summed E-state index contributed by atoms with van der Waals surface area (Å²) in [7, 11) is 1.46. The topological polar surface area (TPSA) is 70.2 Å². The Morgan fingerprint density at radius 1 is 1.30 bits per heavy atom. The first-order valence-electron chi connectivity index (χ1n) is 9.31. The molecule has 2 aromatic carbocycles. The van der Waals surface area contributed by atoms with Crippen LogP contribution in [0.2, 0.25) is 0 Å². The van der Waals surface area contributed by atoms with E-state index in [1.54, 1.807) is 0 Å². The van der Waals surface area contributed by atoms with Crippen molar-refractivity contribution in [1.29, 1.82) is 0 Å². The van der Waals surface area contributed by atoms with Crippen LogP contribution in [-0.2, 0) is 9.53 Å². The van der Waals surface area contributed by atoms with Crippen molar-refractivity contribution in [3.8, 4) is 0 Å². The molecule has 3 aromatic rings. The number of nitrogens with zero attached hydrogens (tertiary/aromatic N) is 2. The number of hydrogen-bond donors (Lipinski definition) is 2. The molecule has 0 radical (unpaired) electrons. The van der Waals surface area contributed by atoms with Gasteiger partial charge in [0.25, 0.3) is 0 Å². The maximum Gasteiger partial charge on any atom is 0.327 e. The summed E-state index contributed by atoms with van der Waals surface area (Å²) in [6, 6.07) is 16.0. The summed E-state index contributed by atoms with van der Waals surface area (Å²) in [5.41, 5.74) is 3.08. The first-order chi connectivity index (χ1) is 13.2. The van der Waals surface area contributed by atoms with Crippen molar-refractivity contribution in [2.24, 2.45) is 0 Å². The number of ether oxygens (including phenoxy) is 1. The van der Waals surface area contributed by atoms with Crippen LogP contribution < -0.4 is 5.32 Å². The second-order valence-electron chi connectivity index (χ2n) is 6.99. The number of aromatic amines is 1. The van der Waals surface area contributed by atoms with Crippen LogP contribution in [0.4, 0.5) is 5.69 Å². The van der Waals surface area contributed by atoms with Crippen LogP contribution in [0.5, 0.6) is 0 Å². The second-order valence-corrected chi connectivity index (χ2v) is 6.99. The zero-order chi connectivity index (χ0) is 18.6. The first-order valence-corrected chi connectivity index (χ1v) is 9.31. The largest absolute Gasteiger partial charge is 0.468 e. The number of rotatable bonds is 5. The fraction of sp³-hybridized carbons (Fsp3) is 0.333. The van der Waals surface area contributed by atoms with E-state index in [1.165, 1.54) is 7.11 Å². The maximum absolute atomic E-state index is 12.5. The number of fused-ring (bicyclic) bond motifs is 1. The Bertz CT molecular complexity index is 909. The van der Waals surface area contributed by atoms with E-state index in [2.05, 4.69) is 32.5 Å². The molecule has 140 valence electrons. The second kappa shape index (κ2) is 7.80. The third-order valence-corrected chi connectivity index (χ3v) is 5.17. The van der Waals surface area contributed by atoms with E-state index in [1.807, 2.05) is 42.6 Å². The van der Waals surface area contributed by atoms with Crippen LogP contribution in [-0.4, -0.2) is 47.3 Å². The fourth-order valence-electron chi connectivity index (χ4n) is 3.87. The van der Waals surface area contributed by atoms with Gasteiger partial charge in [-0.1, -0.05) is 30.3 Å². The molecule has 1 aliphatic heterocycles. The minimum atomic E-state index is -0.364. The highest BCUT2D eigenvalue weighted by atomic mass is 16.5. The Morgan fingerprint density at radius 2 is 2.15 bits per heavy atom. The Kier molecular flexibility index (Phi) is 5.07. The molecule has 2 N–H and O–H groups in total. The van der Waals surface area contributed by atoms with Crippen molar-refractivity contribution in [2.75, 3.05) is 25.5 Å². The Labute approximate surface area is 158 Å². The lowest BCUT2D eigenvalue weighted by Gasteiger charge is -2.37. The van der Waals surface area contributed by atoms with Gasteiger partial charge in [0.15, 0.2) is 0 Å². The number of anilines is 1. The number of methoxy groups -OCH3 is 1.